The molecular formula is C20H33IN4O4. The van der Waals surface area contributed by atoms with Crippen molar-refractivity contribution in [2.75, 3.05) is 51.9 Å². The molecule has 1 aliphatic heterocycles. The molecule has 1 amide bonds. The molecule has 1 aliphatic rings. The molecule has 0 aromatic heterocycles. The minimum atomic E-state index is -0.106. The average Bonchev–Trinajstić information content (AvgIpc) is 3.19. The van der Waals surface area contributed by atoms with Crippen LogP contribution < -0.4 is 20.7 Å². The van der Waals surface area contributed by atoms with Gasteiger partial charge in [0.05, 0.1) is 19.3 Å². The summed E-state index contributed by atoms with van der Waals surface area (Å²) in [7, 11) is 1.74. The predicted octanol–water partition coefficient (Wildman–Crippen LogP) is 2.39. The molecule has 0 bridgehead atoms. The van der Waals surface area contributed by atoms with E-state index in [1.807, 2.05) is 18.2 Å². The number of guanidine groups is 1. The van der Waals surface area contributed by atoms with Crippen LogP contribution in [0.3, 0.4) is 0 Å². The van der Waals surface area contributed by atoms with Crippen LogP contribution in [0.2, 0.25) is 0 Å². The lowest BCUT2D eigenvalue weighted by Gasteiger charge is -2.13. The Kier molecular flexibility index (Phi) is 13.4. The van der Waals surface area contributed by atoms with Gasteiger partial charge >= 0.3 is 0 Å². The van der Waals surface area contributed by atoms with E-state index in [0.717, 1.165) is 44.1 Å². The summed E-state index contributed by atoms with van der Waals surface area (Å²) in [5.74, 6) is 1.33. The number of hydrogen-bond donors (Lipinski definition) is 3. The van der Waals surface area contributed by atoms with Crippen LogP contribution in [0.4, 0.5) is 5.69 Å². The summed E-state index contributed by atoms with van der Waals surface area (Å²) in [6, 6.07) is 7.32. The van der Waals surface area contributed by atoms with E-state index in [0.29, 0.717) is 32.1 Å². The van der Waals surface area contributed by atoms with Gasteiger partial charge in [-0.2, -0.15) is 0 Å². The van der Waals surface area contributed by atoms with Crippen LogP contribution in [-0.4, -0.2) is 64.5 Å². The second-order valence-corrected chi connectivity index (χ2v) is 6.55. The molecule has 0 spiro atoms. The third-order valence-electron chi connectivity index (χ3n) is 4.13. The zero-order chi connectivity index (χ0) is 20.0. The highest BCUT2D eigenvalue weighted by atomic mass is 127. The largest absolute Gasteiger partial charge is 0.492 e. The zero-order valence-electron chi connectivity index (χ0n) is 17.2. The van der Waals surface area contributed by atoms with Crippen molar-refractivity contribution in [2.45, 2.75) is 32.3 Å². The molecule has 0 saturated carbocycles. The molecule has 0 aliphatic carbocycles. The molecule has 9 heteroatoms. The molecule has 1 aromatic rings. The lowest BCUT2D eigenvalue weighted by atomic mass is 10.2. The first-order chi connectivity index (χ1) is 13.7. The van der Waals surface area contributed by atoms with Crippen molar-refractivity contribution in [1.29, 1.82) is 0 Å². The van der Waals surface area contributed by atoms with Gasteiger partial charge in [-0.3, -0.25) is 9.79 Å². The van der Waals surface area contributed by atoms with Gasteiger partial charge in [0.2, 0.25) is 5.91 Å². The van der Waals surface area contributed by atoms with Gasteiger partial charge < -0.3 is 30.2 Å². The Hall–Kier alpha value is -1.59. The highest BCUT2D eigenvalue weighted by Gasteiger charge is 2.14. The van der Waals surface area contributed by atoms with Crippen LogP contribution in [0.15, 0.2) is 29.3 Å². The molecule has 1 atom stereocenters. The number of aliphatic imine (C=N–C) groups is 1. The highest BCUT2D eigenvalue weighted by Crippen LogP contribution is 2.17. The molecule has 164 valence electrons. The summed E-state index contributed by atoms with van der Waals surface area (Å²) < 4.78 is 16.9. The summed E-state index contributed by atoms with van der Waals surface area (Å²) in [5, 5.41) is 9.19. The van der Waals surface area contributed by atoms with Crippen molar-refractivity contribution in [2.24, 2.45) is 4.99 Å². The lowest BCUT2D eigenvalue weighted by molar-refractivity contribution is -0.114. The van der Waals surface area contributed by atoms with E-state index in [4.69, 9.17) is 14.2 Å². The fourth-order valence-electron chi connectivity index (χ4n) is 2.80. The molecule has 2 rings (SSSR count). The zero-order valence-corrected chi connectivity index (χ0v) is 19.6. The van der Waals surface area contributed by atoms with Crippen molar-refractivity contribution in [1.82, 2.24) is 10.6 Å². The summed E-state index contributed by atoms with van der Waals surface area (Å²) in [6.07, 6.45) is 3.43. The molecule has 3 N–H and O–H groups in total. The van der Waals surface area contributed by atoms with Crippen molar-refractivity contribution < 1.29 is 19.0 Å². The van der Waals surface area contributed by atoms with Crippen molar-refractivity contribution in [3.05, 3.63) is 24.3 Å². The van der Waals surface area contributed by atoms with Gasteiger partial charge in [0, 0.05) is 45.5 Å². The molecule has 1 fully saturated rings. The number of rotatable bonds is 11. The van der Waals surface area contributed by atoms with Gasteiger partial charge in [-0.15, -0.1) is 24.0 Å². The Labute approximate surface area is 190 Å². The third-order valence-corrected chi connectivity index (χ3v) is 4.13. The van der Waals surface area contributed by atoms with Gasteiger partial charge in [-0.05, 0) is 31.4 Å². The number of amides is 1. The van der Waals surface area contributed by atoms with Crippen molar-refractivity contribution in [3.8, 4) is 5.75 Å². The number of anilines is 1. The quantitative estimate of drug-likeness (QED) is 0.180. The van der Waals surface area contributed by atoms with Crippen molar-refractivity contribution >= 4 is 41.5 Å². The molecule has 1 aromatic carbocycles. The molecule has 0 radical (unpaired) electrons. The standard InChI is InChI=1S/C20H32N4O4.HI/c1-16(25)24-17-6-3-7-18(14-17)28-13-10-23-20(21-2)22-9-5-11-26-15-19-8-4-12-27-19;/h3,6-7,14,19H,4-5,8-13,15H2,1-2H3,(H,24,25)(H2,21,22,23);1H. The van der Waals surface area contributed by atoms with E-state index in [1.54, 1.807) is 13.1 Å². The number of ether oxygens (including phenoxy) is 3. The van der Waals surface area contributed by atoms with Crippen LogP contribution in [0.25, 0.3) is 0 Å². The van der Waals surface area contributed by atoms with Crippen LogP contribution in [-0.2, 0) is 14.3 Å². The summed E-state index contributed by atoms with van der Waals surface area (Å²) in [5.41, 5.74) is 0.720. The smallest absolute Gasteiger partial charge is 0.221 e. The highest BCUT2D eigenvalue weighted by molar-refractivity contribution is 14.0. The third kappa shape index (κ3) is 11.2. The van der Waals surface area contributed by atoms with Crippen molar-refractivity contribution in [3.63, 3.8) is 0 Å². The summed E-state index contributed by atoms with van der Waals surface area (Å²) in [4.78, 5) is 15.3. The first-order valence-electron chi connectivity index (χ1n) is 9.81. The lowest BCUT2D eigenvalue weighted by Crippen LogP contribution is -2.40. The van der Waals surface area contributed by atoms with E-state index in [9.17, 15) is 4.79 Å². The Morgan fingerprint density at radius 3 is 2.83 bits per heavy atom. The SMILES string of the molecule is CN=C(NCCCOCC1CCCO1)NCCOc1cccc(NC(C)=O)c1.I. The van der Waals surface area contributed by atoms with Gasteiger partial charge in [0.1, 0.15) is 12.4 Å². The normalized spacial score (nSPS) is 16.1. The topological polar surface area (TPSA) is 93.2 Å². The Bertz CT molecular complexity index is 624. The number of carbonyl (C=O) groups is 1. The molecule has 1 saturated heterocycles. The molecule has 8 nitrogen and oxygen atoms in total. The molecule has 29 heavy (non-hydrogen) atoms. The summed E-state index contributed by atoms with van der Waals surface area (Å²) >= 11 is 0. The summed E-state index contributed by atoms with van der Waals surface area (Å²) in [6.45, 7) is 5.61. The molecule has 1 heterocycles. The number of benzene rings is 1. The maximum Gasteiger partial charge on any atom is 0.221 e. The maximum atomic E-state index is 11.1. The minimum Gasteiger partial charge on any atom is -0.492 e. The number of nitrogens with zero attached hydrogens (tertiary/aromatic N) is 1. The fraction of sp³-hybridized carbons (Fsp3) is 0.600. The van der Waals surface area contributed by atoms with E-state index < -0.39 is 0 Å². The monoisotopic (exact) mass is 520 g/mol. The molecular weight excluding hydrogens is 487 g/mol. The van der Waals surface area contributed by atoms with Gasteiger partial charge in [0.15, 0.2) is 5.96 Å². The average molecular weight is 520 g/mol. The predicted molar refractivity (Wildman–Crippen MR) is 125 cm³/mol. The number of carbonyl (C=O) groups excluding carboxylic acids is 1. The number of nitrogens with one attached hydrogen (secondary N) is 3. The van der Waals surface area contributed by atoms with Gasteiger partial charge in [0.25, 0.3) is 0 Å². The van der Waals surface area contributed by atoms with E-state index in [2.05, 4.69) is 20.9 Å². The van der Waals surface area contributed by atoms with Crippen LogP contribution in [0.5, 0.6) is 5.75 Å². The maximum absolute atomic E-state index is 11.1. The van der Waals surface area contributed by atoms with Gasteiger partial charge in [-0.1, -0.05) is 6.07 Å². The Morgan fingerprint density at radius 2 is 2.10 bits per heavy atom. The first kappa shape index (κ1) is 25.4. The number of halogens is 1. The van der Waals surface area contributed by atoms with Crippen LogP contribution in [0.1, 0.15) is 26.2 Å². The van der Waals surface area contributed by atoms with Crippen LogP contribution >= 0.6 is 24.0 Å². The second-order valence-electron chi connectivity index (χ2n) is 6.55. The second kappa shape index (κ2) is 15.3. The Balaban J connectivity index is 0.00000420. The first-order valence-corrected chi connectivity index (χ1v) is 9.81. The van der Waals surface area contributed by atoms with E-state index in [1.165, 1.54) is 6.92 Å². The van der Waals surface area contributed by atoms with Crippen LogP contribution in [0, 0.1) is 0 Å². The van der Waals surface area contributed by atoms with E-state index in [-0.39, 0.29) is 36.0 Å². The van der Waals surface area contributed by atoms with E-state index >= 15 is 0 Å². The number of hydrogen-bond acceptors (Lipinski definition) is 5. The Morgan fingerprint density at radius 1 is 1.28 bits per heavy atom. The fourth-order valence-corrected chi connectivity index (χ4v) is 2.80. The molecule has 1 unspecified atom stereocenters. The van der Waals surface area contributed by atoms with Gasteiger partial charge in [-0.25, -0.2) is 0 Å². The minimum absolute atomic E-state index is 0.